The highest BCUT2D eigenvalue weighted by Crippen LogP contribution is 2.03. The molecule has 4 nitrogen and oxygen atoms in total. The van der Waals surface area contributed by atoms with Crippen molar-refractivity contribution >= 4 is 5.96 Å². The predicted molar refractivity (Wildman–Crippen MR) is 78.8 cm³/mol. The van der Waals surface area contributed by atoms with Crippen molar-refractivity contribution in [3.63, 3.8) is 0 Å². The largest absolute Gasteiger partial charge is 0.356 e. The molecule has 0 amide bonds. The molecule has 2 N–H and O–H groups in total. The summed E-state index contributed by atoms with van der Waals surface area (Å²) in [6.45, 7) is 5.98. The van der Waals surface area contributed by atoms with Crippen molar-refractivity contribution in [1.29, 1.82) is 5.26 Å². The molecule has 0 fully saturated rings. The van der Waals surface area contributed by atoms with Crippen LogP contribution in [0.15, 0.2) is 29.3 Å². The van der Waals surface area contributed by atoms with Crippen molar-refractivity contribution in [3.8, 4) is 6.07 Å². The van der Waals surface area contributed by atoms with Gasteiger partial charge in [-0.15, -0.1) is 0 Å². The molecule has 0 unspecified atom stereocenters. The minimum Gasteiger partial charge on any atom is -0.356 e. The van der Waals surface area contributed by atoms with Crippen LogP contribution in [0.4, 0.5) is 0 Å². The summed E-state index contributed by atoms with van der Waals surface area (Å²) < 4.78 is 0. The third-order valence-corrected chi connectivity index (χ3v) is 2.75. The van der Waals surface area contributed by atoms with E-state index >= 15 is 0 Å². The minimum absolute atomic E-state index is 0.664. The second-order valence-electron chi connectivity index (χ2n) is 4.85. The minimum atomic E-state index is 0.664. The molecule has 1 rings (SSSR count). The molecule has 0 atom stereocenters. The van der Waals surface area contributed by atoms with Gasteiger partial charge < -0.3 is 10.6 Å². The molecule has 4 heteroatoms. The van der Waals surface area contributed by atoms with Crippen molar-refractivity contribution in [3.05, 3.63) is 35.4 Å². The second-order valence-corrected chi connectivity index (χ2v) is 4.85. The third-order valence-electron chi connectivity index (χ3n) is 2.75. The molecule has 0 heterocycles. The van der Waals surface area contributed by atoms with Gasteiger partial charge >= 0.3 is 0 Å². The number of guanidine groups is 1. The molecule has 0 saturated heterocycles. The Morgan fingerprint density at radius 3 is 2.79 bits per heavy atom. The smallest absolute Gasteiger partial charge is 0.191 e. The van der Waals surface area contributed by atoms with Gasteiger partial charge in [-0.1, -0.05) is 26.0 Å². The maximum atomic E-state index is 8.85. The molecule has 102 valence electrons. The quantitative estimate of drug-likeness (QED) is 0.629. The molecule has 0 aliphatic rings. The molecule has 0 aliphatic carbocycles. The van der Waals surface area contributed by atoms with E-state index in [0.29, 0.717) is 18.0 Å². The molecule has 0 saturated carbocycles. The van der Waals surface area contributed by atoms with Crippen LogP contribution >= 0.6 is 0 Å². The first kappa shape index (κ1) is 15.0. The maximum absolute atomic E-state index is 8.85. The van der Waals surface area contributed by atoms with Crippen LogP contribution in [0.3, 0.4) is 0 Å². The Labute approximate surface area is 115 Å². The lowest BCUT2D eigenvalue weighted by atomic mass is 10.1. The number of nitriles is 1. The van der Waals surface area contributed by atoms with Crippen LogP contribution in [0.1, 0.15) is 31.4 Å². The number of hydrogen-bond donors (Lipinski definition) is 2. The zero-order chi connectivity index (χ0) is 14.1. The van der Waals surface area contributed by atoms with Gasteiger partial charge in [0.15, 0.2) is 5.96 Å². The van der Waals surface area contributed by atoms with Crippen LogP contribution in [0, 0.1) is 17.2 Å². The van der Waals surface area contributed by atoms with E-state index < -0.39 is 0 Å². The first-order valence-electron chi connectivity index (χ1n) is 6.59. The van der Waals surface area contributed by atoms with E-state index in [1.165, 1.54) is 0 Å². The normalized spacial score (nSPS) is 11.2. The van der Waals surface area contributed by atoms with Gasteiger partial charge in [-0.05, 0) is 30.0 Å². The summed E-state index contributed by atoms with van der Waals surface area (Å²) in [6.07, 6.45) is 1.12. The Kier molecular flexibility index (Phi) is 6.45. The van der Waals surface area contributed by atoms with Crippen LogP contribution in [0.25, 0.3) is 0 Å². The fraction of sp³-hybridized carbons (Fsp3) is 0.467. The molecule has 0 bridgehead atoms. The summed E-state index contributed by atoms with van der Waals surface area (Å²) in [4.78, 5) is 4.17. The lowest BCUT2D eigenvalue weighted by Crippen LogP contribution is -2.37. The Morgan fingerprint density at radius 2 is 2.16 bits per heavy atom. The van der Waals surface area contributed by atoms with Crippen LogP contribution in [-0.2, 0) is 6.54 Å². The number of nitrogens with one attached hydrogen (secondary N) is 2. The second kappa shape index (κ2) is 8.15. The van der Waals surface area contributed by atoms with E-state index in [1.807, 2.05) is 18.2 Å². The molecule has 1 aromatic carbocycles. The zero-order valence-corrected chi connectivity index (χ0v) is 11.9. The van der Waals surface area contributed by atoms with E-state index in [-0.39, 0.29) is 0 Å². The van der Waals surface area contributed by atoms with Crippen molar-refractivity contribution in [2.45, 2.75) is 26.8 Å². The van der Waals surface area contributed by atoms with Gasteiger partial charge in [0.1, 0.15) is 0 Å². The van der Waals surface area contributed by atoms with Crippen molar-refractivity contribution in [2.24, 2.45) is 10.9 Å². The maximum Gasteiger partial charge on any atom is 0.191 e. The Hall–Kier alpha value is -2.02. The fourth-order valence-electron chi connectivity index (χ4n) is 1.64. The summed E-state index contributed by atoms with van der Waals surface area (Å²) in [5, 5.41) is 15.4. The highest BCUT2D eigenvalue weighted by Gasteiger charge is 2.00. The van der Waals surface area contributed by atoms with E-state index in [1.54, 1.807) is 13.1 Å². The number of aliphatic imine (C=N–C) groups is 1. The monoisotopic (exact) mass is 258 g/mol. The number of nitrogens with zero attached hydrogens (tertiary/aromatic N) is 2. The fourth-order valence-corrected chi connectivity index (χ4v) is 1.64. The van der Waals surface area contributed by atoms with Crippen molar-refractivity contribution in [2.75, 3.05) is 13.6 Å². The Balaban J connectivity index is 2.43. The van der Waals surface area contributed by atoms with E-state index in [0.717, 1.165) is 24.5 Å². The van der Waals surface area contributed by atoms with E-state index in [9.17, 15) is 0 Å². The van der Waals surface area contributed by atoms with Crippen LogP contribution in [-0.4, -0.2) is 19.6 Å². The Bertz CT molecular complexity index is 457. The standard InChI is InChI=1S/C15H22N4/c1-12(2)7-8-18-15(17-3)19-11-14-6-4-5-13(9-14)10-16/h4-6,9,12H,7-8,11H2,1-3H3,(H2,17,18,19). The van der Waals surface area contributed by atoms with Gasteiger partial charge in [0.25, 0.3) is 0 Å². The number of hydrogen-bond acceptors (Lipinski definition) is 2. The van der Waals surface area contributed by atoms with Gasteiger partial charge in [-0.25, -0.2) is 0 Å². The van der Waals surface area contributed by atoms with E-state index in [4.69, 9.17) is 5.26 Å². The van der Waals surface area contributed by atoms with Crippen LogP contribution in [0.5, 0.6) is 0 Å². The number of benzene rings is 1. The zero-order valence-electron chi connectivity index (χ0n) is 11.9. The summed E-state index contributed by atoms with van der Waals surface area (Å²) in [5.41, 5.74) is 1.76. The van der Waals surface area contributed by atoms with E-state index in [2.05, 4.69) is 35.5 Å². The van der Waals surface area contributed by atoms with Gasteiger partial charge in [0.05, 0.1) is 11.6 Å². The molecule has 1 aromatic rings. The van der Waals surface area contributed by atoms with Gasteiger partial charge in [-0.2, -0.15) is 5.26 Å². The summed E-state index contributed by atoms with van der Waals surface area (Å²) in [7, 11) is 1.76. The summed E-state index contributed by atoms with van der Waals surface area (Å²) >= 11 is 0. The summed E-state index contributed by atoms with van der Waals surface area (Å²) in [5.74, 6) is 1.47. The molecule has 0 spiro atoms. The topological polar surface area (TPSA) is 60.2 Å². The van der Waals surface area contributed by atoms with Crippen molar-refractivity contribution < 1.29 is 0 Å². The molecular weight excluding hydrogens is 236 g/mol. The highest BCUT2D eigenvalue weighted by molar-refractivity contribution is 5.79. The lowest BCUT2D eigenvalue weighted by molar-refractivity contribution is 0.573. The summed E-state index contributed by atoms with van der Waals surface area (Å²) in [6, 6.07) is 9.72. The highest BCUT2D eigenvalue weighted by atomic mass is 15.2. The Morgan fingerprint density at radius 1 is 1.37 bits per heavy atom. The van der Waals surface area contributed by atoms with Crippen LogP contribution in [0.2, 0.25) is 0 Å². The lowest BCUT2D eigenvalue weighted by Gasteiger charge is -2.13. The van der Waals surface area contributed by atoms with Crippen LogP contribution < -0.4 is 10.6 Å². The van der Waals surface area contributed by atoms with Crippen molar-refractivity contribution in [1.82, 2.24) is 10.6 Å². The molecule has 19 heavy (non-hydrogen) atoms. The molecule has 0 radical (unpaired) electrons. The SMILES string of the molecule is CN=C(NCCC(C)C)NCc1cccc(C#N)c1. The first-order chi connectivity index (χ1) is 9.15. The molecule has 0 aliphatic heterocycles. The number of rotatable bonds is 5. The van der Waals surface area contributed by atoms with Gasteiger partial charge in [0.2, 0.25) is 0 Å². The third kappa shape index (κ3) is 5.91. The van der Waals surface area contributed by atoms with Gasteiger partial charge in [0, 0.05) is 20.1 Å². The average Bonchev–Trinajstić information content (AvgIpc) is 2.42. The molecular formula is C15H22N4. The average molecular weight is 258 g/mol. The predicted octanol–water partition coefficient (Wildman–Crippen LogP) is 2.27. The molecule has 0 aromatic heterocycles. The first-order valence-corrected chi connectivity index (χ1v) is 6.59. The van der Waals surface area contributed by atoms with Gasteiger partial charge in [-0.3, -0.25) is 4.99 Å².